The Morgan fingerprint density at radius 1 is 1.65 bits per heavy atom. The molecule has 17 heavy (non-hydrogen) atoms. The summed E-state index contributed by atoms with van der Waals surface area (Å²) in [5.41, 5.74) is 6.38. The van der Waals surface area contributed by atoms with Crippen molar-refractivity contribution in [2.45, 2.75) is 25.9 Å². The topological polar surface area (TPSA) is 75.4 Å². The highest BCUT2D eigenvalue weighted by Crippen LogP contribution is 2.15. The molecule has 0 aliphatic carbocycles. The van der Waals surface area contributed by atoms with Crippen molar-refractivity contribution in [2.75, 3.05) is 13.1 Å². The molecule has 0 aliphatic rings. The Morgan fingerprint density at radius 2 is 2.41 bits per heavy atom. The third-order valence-corrected chi connectivity index (χ3v) is 3.39. The summed E-state index contributed by atoms with van der Waals surface area (Å²) in [7, 11) is 0. The lowest BCUT2D eigenvalue weighted by molar-refractivity contribution is -0.125. The van der Waals surface area contributed by atoms with E-state index >= 15 is 0 Å². The maximum Gasteiger partial charge on any atom is 0.224 e. The average molecular weight is 256 g/mol. The minimum atomic E-state index is -0.634. The maximum absolute atomic E-state index is 11.7. The molecule has 1 aromatic rings. The van der Waals surface area contributed by atoms with E-state index in [-0.39, 0.29) is 18.4 Å². The molecule has 2 unspecified atom stereocenters. The van der Waals surface area contributed by atoms with Gasteiger partial charge in [0.2, 0.25) is 5.91 Å². The van der Waals surface area contributed by atoms with E-state index in [2.05, 4.69) is 5.32 Å². The predicted octanol–water partition coefficient (Wildman–Crippen LogP) is 1.27. The van der Waals surface area contributed by atoms with E-state index in [9.17, 15) is 9.90 Å². The van der Waals surface area contributed by atoms with Gasteiger partial charge in [0.05, 0.1) is 12.0 Å². The van der Waals surface area contributed by atoms with Gasteiger partial charge in [0, 0.05) is 13.1 Å². The first-order valence-corrected chi connectivity index (χ1v) is 6.81. The van der Waals surface area contributed by atoms with E-state index < -0.39 is 6.10 Å². The van der Waals surface area contributed by atoms with Crippen molar-refractivity contribution in [2.24, 2.45) is 11.7 Å². The molecule has 0 fully saturated rings. The molecule has 0 spiro atoms. The van der Waals surface area contributed by atoms with Gasteiger partial charge >= 0.3 is 0 Å². The summed E-state index contributed by atoms with van der Waals surface area (Å²) in [5.74, 6) is -0.210. The number of amides is 1. The third kappa shape index (κ3) is 4.46. The second-order valence-corrected chi connectivity index (χ2v) is 4.82. The minimum Gasteiger partial charge on any atom is -0.387 e. The number of rotatable bonds is 7. The van der Waals surface area contributed by atoms with Gasteiger partial charge in [0.1, 0.15) is 0 Å². The van der Waals surface area contributed by atoms with Crippen molar-refractivity contribution >= 4 is 17.2 Å². The molecule has 2 atom stereocenters. The van der Waals surface area contributed by atoms with Crippen molar-refractivity contribution in [3.05, 3.63) is 22.4 Å². The maximum atomic E-state index is 11.7. The van der Waals surface area contributed by atoms with Gasteiger partial charge in [-0.3, -0.25) is 4.79 Å². The van der Waals surface area contributed by atoms with E-state index in [4.69, 9.17) is 5.73 Å². The van der Waals surface area contributed by atoms with Crippen LogP contribution in [-0.4, -0.2) is 24.1 Å². The van der Waals surface area contributed by atoms with Crippen LogP contribution in [-0.2, 0) is 4.79 Å². The Hall–Kier alpha value is -0.910. The fourth-order valence-electron chi connectivity index (χ4n) is 1.63. The van der Waals surface area contributed by atoms with Crippen LogP contribution in [0.25, 0.3) is 0 Å². The Labute approximate surface area is 106 Å². The first-order valence-electron chi connectivity index (χ1n) is 5.87. The van der Waals surface area contributed by atoms with Gasteiger partial charge < -0.3 is 16.2 Å². The summed E-state index contributed by atoms with van der Waals surface area (Å²) in [4.78, 5) is 11.7. The summed E-state index contributed by atoms with van der Waals surface area (Å²) >= 11 is 1.53. The summed E-state index contributed by atoms with van der Waals surface area (Å²) in [6.07, 6.45) is 1.09. The molecule has 0 saturated carbocycles. The van der Waals surface area contributed by atoms with Crippen LogP contribution in [0.4, 0.5) is 0 Å². The van der Waals surface area contributed by atoms with Gasteiger partial charge in [0.15, 0.2) is 0 Å². The van der Waals surface area contributed by atoms with Crippen LogP contribution in [0.2, 0.25) is 0 Å². The first-order chi connectivity index (χ1) is 8.19. The molecule has 0 radical (unpaired) electrons. The lowest BCUT2D eigenvalue weighted by atomic mass is 10.0. The molecule has 1 aromatic heterocycles. The summed E-state index contributed by atoms with van der Waals surface area (Å²) < 4.78 is 0. The van der Waals surface area contributed by atoms with Crippen LogP contribution < -0.4 is 11.1 Å². The van der Waals surface area contributed by atoms with Gasteiger partial charge in [-0.15, -0.1) is 0 Å². The van der Waals surface area contributed by atoms with Crippen molar-refractivity contribution in [3.8, 4) is 0 Å². The number of carbonyl (C=O) groups excluding carboxylic acids is 1. The van der Waals surface area contributed by atoms with Gasteiger partial charge in [-0.25, -0.2) is 0 Å². The normalized spacial score (nSPS) is 14.3. The van der Waals surface area contributed by atoms with Crippen LogP contribution in [0.1, 0.15) is 31.4 Å². The Morgan fingerprint density at radius 3 is 2.94 bits per heavy atom. The molecule has 0 bridgehead atoms. The van der Waals surface area contributed by atoms with Crippen LogP contribution in [0.5, 0.6) is 0 Å². The lowest BCUT2D eigenvalue weighted by Gasteiger charge is -2.16. The average Bonchev–Trinajstić information content (AvgIpc) is 2.86. The zero-order chi connectivity index (χ0) is 12.7. The Balaban J connectivity index is 2.37. The number of carbonyl (C=O) groups is 1. The SMILES string of the molecule is CCCC(CN)C(=O)NCC(O)c1ccsc1. The molecule has 4 N–H and O–H groups in total. The van der Waals surface area contributed by atoms with Crippen LogP contribution in [0.15, 0.2) is 16.8 Å². The Kier molecular flexibility index (Phi) is 6.18. The highest BCUT2D eigenvalue weighted by molar-refractivity contribution is 7.07. The smallest absolute Gasteiger partial charge is 0.224 e. The number of aliphatic hydroxyl groups excluding tert-OH is 1. The summed E-state index contributed by atoms with van der Waals surface area (Å²) in [5, 5.41) is 16.3. The standard InChI is InChI=1S/C12H20N2O2S/c1-2-3-9(6-13)12(16)14-7-11(15)10-4-5-17-8-10/h4-5,8-9,11,15H,2-3,6-7,13H2,1H3,(H,14,16). The molecule has 96 valence electrons. The van der Waals surface area contributed by atoms with E-state index in [0.29, 0.717) is 6.54 Å². The minimum absolute atomic E-state index is 0.0661. The largest absolute Gasteiger partial charge is 0.387 e. The monoisotopic (exact) mass is 256 g/mol. The highest BCUT2D eigenvalue weighted by atomic mass is 32.1. The second-order valence-electron chi connectivity index (χ2n) is 4.04. The molecule has 0 aromatic carbocycles. The van der Waals surface area contributed by atoms with E-state index in [1.54, 1.807) is 0 Å². The number of hydrogen-bond donors (Lipinski definition) is 3. The number of aliphatic hydroxyl groups is 1. The number of nitrogens with one attached hydrogen (secondary N) is 1. The van der Waals surface area contributed by atoms with Crippen molar-refractivity contribution in [1.29, 1.82) is 0 Å². The van der Waals surface area contributed by atoms with Crippen LogP contribution >= 0.6 is 11.3 Å². The highest BCUT2D eigenvalue weighted by Gasteiger charge is 2.17. The molecular formula is C12H20N2O2S. The lowest BCUT2D eigenvalue weighted by Crippen LogP contribution is -2.37. The van der Waals surface area contributed by atoms with Gasteiger partial charge in [0.25, 0.3) is 0 Å². The van der Waals surface area contributed by atoms with Gasteiger partial charge in [-0.2, -0.15) is 11.3 Å². The number of nitrogens with two attached hydrogens (primary N) is 1. The van der Waals surface area contributed by atoms with Crippen LogP contribution in [0, 0.1) is 5.92 Å². The molecule has 5 heteroatoms. The van der Waals surface area contributed by atoms with Crippen molar-refractivity contribution < 1.29 is 9.90 Å². The molecular weight excluding hydrogens is 236 g/mol. The first kappa shape index (κ1) is 14.2. The molecule has 1 heterocycles. The number of hydrogen-bond acceptors (Lipinski definition) is 4. The van der Waals surface area contributed by atoms with E-state index in [0.717, 1.165) is 18.4 Å². The van der Waals surface area contributed by atoms with E-state index in [1.165, 1.54) is 11.3 Å². The van der Waals surface area contributed by atoms with Crippen molar-refractivity contribution in [3.63, 3.8) is 0 Å². The molecule has 1 rings (SSSR count). The summed E-state index contributed by atoms with van der Waals surface area (Å²) in [6, 6.07) is 1.86. The third-order valence-electron chi connectivity index (χ3n) is 2.69. The molecule has 1 amide bonds. The predicted molar refractivity (Wildman–Crippen MR) is 69.7 cm³/mol. The quantitative estimate of drug-likeness (QED) is 0.688. The molecule has 0 aliphatic heterocycles. The number of thiophene rings is 1. The second kappa shape index (κ2) is 7.42. The van der Waals surface area contributed by atoms with Gasteiger partial charge in [-0.1, -0.05) is 13.3 Å². The molecule has 0 saturated heterocycles. The summed E-state index contributed by atoms with van der Waals surface area (Å²) in [6.45, 7) is 2.63. The Bertz CT molecular complexity index is 327. The van der Waals surface area contributed by atoms with Crippen molar-refractivity contribution in [1.82, 2.24) is 5.32 Å². The fourth-order valence-corrected chi connectivity index (χ4v) is 2.34. The van der Waals surface area contributed by atoms with E-state index in [1.807, 2.05) is 23.8 Å². The van der Waals surface area contributed by atoms with Crippen LogP contribution in [0.3, 0.4) is 0 Å². The van der Waals surface area contributed by atoms with Gasteiger partial charge in [-0.05, 0) is 28.8 Å². The molecule has 4 nitrogen and oxygen atoms in total. The zero-order valence-electron chi connectivity index (χ0n) is 10.1. The zero-order valence-corrected chi connectivity index (χ0v) is 10.9. The fraction of sp³-hybridized carbons (Fsp3) is 0.583.